The Hall–Kier alpha value is -0.610. The van der Waals surface area contributed by atoms with E-state index in [1.54, 1.807) is 0 Å². The lowest BCUT2D eigenvalue weighted by Gasteiger charge is -2.35. The van der Waals surface area contributed by atoms with Crippen molar-refractivity contribution >= 4 is 5.91 Å². The number of primary amides is 1. The van der Waals surface area contributed by atoms with Gasteiger partial charge in [-0.15, -0.1) is 0 Å². The molecule has 0 saturated heterocycles. The number of likely N-dealkylation sites (N-methyl/N-ethyl adjacent to an activating group) is 1. The Morgan fingerprint density at radius 2 is 2.16 bits per heavy atom. The molecule has 1 amide bonds. The van der Waals surface area contributed by atoms with Crippen molar-refractivity contribution in [2.45, 2.75) is 65.0 Å². The number of nitrogens with zero attached hydrogens (tertiary/aromatic N) is 1. The van der Waals surface area contributed by atoms with E-state index in [1.807, 2.05) is 6.92 Å². The number of hydrogen-bond donors (Lipinski definition) is 2. The smallest absolute Gasteiger partial charge is 0.238 e. The number of rotatable bonds is 8. The van der Waals surface area contributed by atoms with Crippen molar-refractivity contribution in [1.82, 2.24) is 10.2 Å². The van der Waals surface area contributed by atoms with Gasteiger partial charge in [-0.05, 0) is 58.7 Å². The monoisotopic (exact) mass is 269 g/mol. The lowest BCUT2D eigenvalue weighted by atomic mass is 9.83. The summed E-state index contributed by atoms with van der Waals surface area (Å²) in [4.78, 5) is 14.4. The second-order valence-electron chi connectivity index (χ2n) is 5.97. The van der Waals surface area contributed by atoms with Crippen molar-refractivity contribution in [1.29, 1.82) is 0 Å². The molecule has 0 heterocycles. The minimum absolute atomic E-state index is 0.163. The zero-order valence-electron chi connectivity index (χ0n) is 13.0. The van der Waals surface area contributed by atoms with Crippen LogP contribution in [0.25, 0.3) is 0 Å². The van der Waals surface area contributed by atoms with E-state index in [0.29, 0.717) is 12.0 Å². The second-order valence-corrected chi connectivity index (χ2v) is 5.97. The fourth-order valence-corrected chi connectivity index (χ4v) is 3.53. The number of amides is 1. The standard InChI is InChI=1S/C15H31N3O/c1-5-17-15(14(16)19)10-7-8-13(15)9-11-18(6-2)12(3)4/h12-13,17H,5-11H2,1-4H3,(H2,16,19). The van der Waals surface area contributed by atoms with Crippen molar-refractivity contribution in [2.24, 2.45) is 11.7 Å². The summed E-state index contributed by atoms with van der Waals surface area (Å²) in [7, 11) is 0. The summed E-state index contributed by atoms with van der Waals surface area (Å²) in [5.41, 5.74) is 5.24. The third-order valence-corrected chi connectivity index (χ3v) is 4.65. The first-order chi connectivity index (χ1) is 8.97. The fourth-order valence-electron chi connectivity index (χ4n) is 3.53. The number of hydrogen-bond acceptors (Lipinski definition) is 3. The van der Waals surface area contributed by atoms with Crippen molar-refractivity contribution in [3.63, 3.8) is 0 Å². The summed E-state index contributed by atoms with van der Waals surface area (Å²) < 4.78 is 0. The average Bonchev–Trinajstić information content (AvgIpc) is 2.74. The predicted molar refractivity (Wildman–Crippen MR) is 79.9 cm³/mol. The Balaban J connectivity index is 2.67. The van der Waals surface area contributed by atoms with Crippen LogP contribution < -0.4 is 11.1 Å². The van der Waals surface area contributed by atoms with E-state index in [9.17, 15) is 4.79 Å². The molecule has 0 bridgehead atoms. The van der Waals surface area contributed by atoms with Crippen LogP contribution in [-0.2, 0) is 4.79 Å². The molecule has 0 aromatic rings. The van der Waals surface area contributed by atoms with Crippen LogP contribution in [0.15, 0.2) is 0 Å². The van der Waals surface area contributed by atoms with Gasteiger partial charge in [0, 0.05) is 6.04 Å². The lowest BCUT2D eigenvalue weighted by molar-refractivity contribution is -0.126. The quantitative estimate of drug-likeness (QED) is 0.705. The van der Waals surface area contributed by atoms with E-state index in [2.05, 4.69) is 31.0 Å². The van der Waals surface area contributed by atoms with Crippen molar-refractivity contribution < 1.29 is 4.79 Å². The molecule has 0 radical (unpaired) electrons. The molecule has 112 valence electrons. The number of nitrogens with one attached hydrogen (secondary N) is 1. The van der Waals surface area contributed by atoms with E-state index in [4.69, 9.17) is 5.73 Å². The van der Waals surface area contributed by atoms with Gasteiger partial charge in [0.25, 0.3) is 0 Å². The first-order valence-electron chi connectivity index (χ1n) is 7.76. The number of carbonyl (C=O) groups excluding carboxylic acids is 1. The molecule has 1 rings (SSSR count). The summed E-state index contributed by atoms with van der Waals surface area (Å²) in [6, 6.07) is 0.563. The third kappa shape index (κ3) is 3.69. The molecule has 4 heteroatoms. The highest BCUT2D eigenvalue weighted by Crippen LogP contribution is 2.38. The van der Waals surface area contributed by atoms with Crippen LogP contribution in [0, 0.1) is 5.92 Å². The van der Waals surface area contributed by atoms with Crippen molar-refractivity contribution in [3.05, 3.63) is 0 Å². The summed E-state index contributed by atoms with van der Waals surface area (Å²) in [5, 5.41) is 3.39. The van der Waals surface area contributed by atoms with Gasteiger partial charge in [-0.1, -0.05) is 20.3 Å². The van der Waals surface area contributed by atoms with Gasteiger partial charge in [-0.25, -0.2) is 0 Å². The number of nitrogens with two attached hydrogens (primary N) is 1. The predicted octanol–water partition coefficient (Wildman–Crippen LogP) is 1.74. The van der Waals surface area contributed by atoms with Crippen molar-refractivity contribution in [3.8, 4) is 0 Å². The normalized spacial score (nSPS) is 27.4. The highest BCUT2D eigenvalue weighted by molar-refractivity contribution is 5.85. The number of carbonyl (C=O) groups is 1. The highest BCUT2D eigenvalue weighted by atomic mass is 16.1. The maximum atomic E-state index is 11.9. The molecule has 1 aliphatic rings. The molecule has 19 heavy (non-hydrogen) atoms. The minimum atomic E-state index is -0.453. The Morgan fingerprint density at radius 1 is 1.47 bits per heavy atom. The van der Waals surface area contributed by atoms with Crippen LogP contribution in [0.5, 0.6) is 0 Å². The zero-order valence-corrected chi connectivity index (χ0v) is 13.0. The largest absolute Gasteiger partial charge is 0.368 e. The molecule has 1 aliphatic carbocycles. The summed E-state index contributed by atoms with van der Waals surface area (Å²) >= 11 is 0. The van der Waals surface area contributed by atoms with E-state index >= 15 is 0 Å². The van der Waals surface area contributed by atoms with E-state index in [0.717, 1.165) is 45.3 Å². The van der Waals surface area contributed by atoms with Gasteiger partial charge in [0.05, 0.1) is 0 Å². The maximum Gasteiger partial charge on any atom is 0.238 e. The van der Waals surface area contributed by atoms with Crippen LogP contribution in [0.3, 0.4) is 0 Å². The molecule has 2 atom stereocenters. The molecule has 0 spiro atoms. The molecule has 3 N–H and O–H groups in total. The molecular weight excluding hydrogens is 238 g/mol. The molecule has 0 aliphatic heterocycles. The Labute approximate surface area is 118 Å². The van der Waals surface area contributed by atoms with Gasteiger partial charge in [0.1, 0.15) is 5.54 Å². The Kier molecular flexibility index (Phi) is 6.27. The fraction of sp³-hybridized carbons (Fsp3) is 0.933. The zero-order chi connectivity index (χ0) is 14.5. The lowest BCUT2D eigenvalue weighted by Crippen LogP contribution is -2.58. The molecule has 2 unspecified atom stereocenters. The second kappa shape index (κ2) is 7.25. The van der Waals surface area contributed by atoms with Gasteiger partial charge >= 0.3 is 0 Å². The molecular formula is C15H31N3O. The summed E-state index contributed by atoms with van der Waals surface area (Å²) in [6.45, 7) is 11.6. The van der Waals surface area contributed by atoms with Crippen LogP contribution >= 0.6 is 0 Å². The summed E-state index contributed by atoms with van der Waals surface area (Å²) in [5.74, 6) is 0.224. The highest BCUT2D eigenvalue weighted by Gasteiger charge is 2.46. The third-order valence-electron chi connectivity index (χ3n) is 4.65. The molecule has 1 fully saturated rings. The molecule has 0 aromatic carbocycles. The molecule has 1 saturated carbocycles. The van der Waals surface area contributed by atoms with E-state index in [-0.39, 0.29) is 5.91 Å². The van der Waals surface area contributed by atoms with Gasteiger partial charge in [0.2, 0.25) is 5.91 Å². The van der Waals surface area contributed by atoms with Gasteiger partial charge in [0.15, 0.2) is 0 Å². The Morgan fingerprint density at radius 3 is 2.63 bits per heavy atom. The SMILES string of the molecule is CCNC1(C(N)=O)CCCC1CCN(CC)C(C)C. The van der Waals surface area contributed by atoms with Crippen LogP contribution in [-0.4, -0.2) is 42.0 Å². The van der Waals surface area contributed by atoms with Crippen LogP contribution in [0.2, 0.25) is 0 Å². The first kappa shape index (κ1) is 16.4. The molecule has 0 aromatic heterocycles. The van der Waals surface area contributed by atoms with Crippen LogP contribution in [0.4, 0.5) is 0 Å². The average molecular weight is 269 g/mol. The minimum Gasteiger partial charge on any atom is -0.368 e. The molecule has 4 nitrogen and oxygen atoms in total. The van der Waals surface area contributed by atoms with Gasteiger partial charge in [-0.2, -0.15) is 0 Å². The first-order valence-corrected chi connectivity index (χ1v) is 7.76. The maximum absolute atomic E-state index is 11.9. The van der Waals surface area contributed by atoms with E-state index in [1.165, 1.54) is 0 Å². The topological polar surface area (TPSA) is 58.4 Å². The van der Waals surface area contributed by atoms with Crippen molar-refractivity contribution in [2.75, 3.05) is 19.6 Å². The Bertz CT molecular complexity index is 293. The summed E-state index contributed by atoms with van der Waals surface area (Å²) in [6.07, 6.45) is 4.18. The van der Waals surface area contributed by atoms with Crippen LogP contribution in [0.1, 0.15) is 53.4 Å². The van der Waals surface area contributed by atoms with Gasteiger partial charge < -0.3 is 16.0 Å². The van der Waals surface area contributed by atoms with Gasteiger partial charge in [-0.3, -0.25) is 4.79 Å². The van der Waals surface area contributed by atoms with E-state index < -0.39 is 5.54 Å².